The quantitative estimate of drug-likeness (QED) is 0.819. The third-order valence-electron chi connectivity index (χ3n) is 3.62. The van der Waals surface area contributed by atoms with Crippen molar-refractivity contribution in [3.05, 3.63) is 24.3 Å². The van der Waals surface area contributed by atoms with Crippen LogP contribution in [0.3, 0.4) is 0 Å². The summed E-state index contributed by atoms with van der Waals surface area (Å²) in [5.41, 5.74) is 1.19. The van der Waals surface area contributed by atoms with E-state index in [-0.39, 0.29) is 0 Å². The van der Waals surface area contributed by atoms with E-state index < -0.39 is 0 Å². The molecular formula is C15H21NO2. The monoisotopic (exact) mass is 247 g/mol. The van der Waals surface area contributed by atoms with Crippen molar-refractivity contribution < 1.29 is 9.53 Å². The molecule has 1 aromatic carbocycles. The van der Waals surface area contributed by atoms with Gasteiger partial charge in [0.05, 0.1) is 6.61 Å². The molecule has 3 heteroatoms. The summed E-state index contributed by atoms with van der Waals surface area (Å²) in [5.74, 6) is 1.32. The number of hydrogen-bond donors (Lipinski definition) is 0. The number of rotatable bonds is 4. The Morgan fingerprint density at radius 2 is 1.83 bits per heavy atom. The van der Waals surface area contributed by atoms with Crippen LogP contribution in [-0.4, -0.2) is 25.5 Å². The molecule has 1 aliphatic carbocycles. The summed E-state index contributed by atoms with van der Waals surface area (Å²) >= 11 is 0. The third kappa shape index (κ3) is 3.03. The van der Waals surface area contributed by atoms with Crippen molar-refractivity contribution >= 4 is 11.5 Å². The summed E-state index contributed by atoms with van der Waals surface area (Å²) in [6.45, 7) is 2.68. The van der Waals surface area contributed by atoms with Crippen LogP contribution in [0.1, 0.15) is 32.6 Å². The molecular weight excluding hydrogens is 226 g/mol. The molecule has 0 aromatic heterocycles. The molecule has 0 unspecified atom stereocenters. The topological polar surface area (TPSA) is 29.5 Å². The first-order valence-electron chi connectivity index (χ1n) is 6.68. The molecule has 0 radical (unpaired) electrons. The molecule has 0 aliphatic heterocycles. The van der Waals surface area contributed by atoms with Crippen molar-refractivity contribution in [2.75, 3.05) is 18.6 Å². The van der Waals surface area contributed by atoms with Crippen LogP contribution in [0.5, 0.6) is 5.75 Å². The third-order valence-corrected chi connectivity index (χ3v) is 3.62. The van der Waals surface area contributed by atoms with Gasteiger partial charge < -0.3 is 9.64 Å². The second-order valence-electron chi connectivity index (χ2n) is 4.81. The van der Waals surface area contributed by atoms with Gasteiger partial charge in [0, 0.05) is 31.6 Å². The van der Waals surface area contributed by atoms with Crippen molar-refractivity contribution in [2.45, 2.75) is 38.6 Å². The average molecular weight is 247 g/mol. The summed E-state index contributed by atoms with van der Waals surface area (Å²) in [6, 6.07) is 8.66. The Morgan fingerprint density at radius 1 is 1.22 bits per heavy atom. The first-order valence-corrected chi connectivity index (χ1v) is 6.68. The lowest BCUT2D eigenvalue weighted by molar-refractivity contribution is -0.120. The zero-order chi connectivity index (χ0) is 13.0. The molecule has 2 rings (SSSR count). The molecule has 0 atom stereocenters. The van der Waals surface area contributed by atoms with Crippen LogP contribution in [0.2, 0.25) is 0 Å². The van der Waals surface area contributed by atoms with Gasteiger partial charge in [-0.25, -0.2) is 0 Å². The van der Waals surface area contributed by atoms with Gasteiger partial charge in [-0.15, -0.1) is 0 Å². The van der Waals surface area contributed by atoms with E-state index in [2.05, 4.69) is 24.1 Å². The Hall–Kier alpha value is -1.51. The lowest BCUT2D eigenvalue weighted by Crippen LogP contribution is -2.35. The molecule has 0 heterocycles. The summed E-state index contributed by atoms with van der Waals surface area (Å²) in [5, 5.41) is 0. The number of hydrogen-bond acceptors (Lipinski definition) is 3. The van der Waals surface area contributed by atoms with Crippen LogP contribution in [0.15, 0.2) is 24.3 Å². The first kappa shape index (κ1) is 12.9. The highest BCUT2D eigenvalue weighted by atomic mass is 16.5. The summed E-state index contributed by atoms with van der Waals surface area (Å²) < 4.78 is 5.44. The van der Waals surface area contributed by atoms with Crippen molar-refractivity contribution in [1.29, 1.82) is 0 Å². The van der Waals surface area contributed by atoms with Gasteiger partial charge in [-0.1, -0.05) is 0 Å². The van der Waals surface area contributed by atoms with Gasteiger partial charge in [0.2, 0.25) is 0 Å². The van der Waals surface area contributed by atoms with Crippen LogP contribution >= 0.6 is 0 Å². The maximum Gasteiger partial charge on any atom is 0.133 e. The molecule has 0 amide bonds. The van der Waals surface area contributed by atoms with Gasteiger partial charge in [0.15, 0.2) is 0 Å². The van der Waals surface area contributed by atoms with Crippen molar-refractivity contribution in [2.24, 2.45) is 0 Å². The predicted molar refractivity (Wildman–Crippen MR) is 73.3 cm³/mol. The maximum atomic E-state index is 11.2. The molecule has 1 fully saturated rings. The molecule has 0 N–H and O–H groups in total. The van der Waals surface area contributed by atoms with Gasteiger partial charge in [0.25, 0.3) is 0 Å². The van der Waals surface area contributed by atoms with E-state index >= 15 is 0 Å². The van der Waals surface area contributed by atoms with E-state index in [0.29, 0.717) is 18.4 Å². The van der Waals surface area contributed by atoms with E-state index in [1.54, 1.807) is 0 Å². The van der Waals surface area contributed by atoms with Gasteiger partial charge in [0.1, 0.15) is 11.5 Å². The summed E-state index contributed by atoms with van der Waals surface area (Å²) in [6.07, 6.45) is 3.41. The number of carbonyl (C=O) groups is 1. The predicted octanol–water partition coefficient (Wildman–Crippen LogP) is 3.03. The van der Waals surface area contributed by atoms with Gasteiger partial charge in [-0.2, -0.15) is 0 Å². The zero-order valence-corrected chi connectivity index (χ0v) is 11.2. The molecule has 3 nitrogen and oxygen atoms in total. The molecule has 1 saturated carbocycles. The zero-order valence-electron chi connectivity index (χ0n) is 11.2. The second-order valence-corrected chi connectivity index (χ2v) is 4.81. The first-order chi connectivity index (χ1) is 8.70. The minimum atomic E-state index is 0.409. The van der Waals surface area contributed by atoms with E-state index in [4.69, 9.17) is 4.74 Å². The fourth-order valence-corrected chi connectivity index (χ4v) is 2.47. The number of ether oxygens (including phenoxy) is 1. The fourth-order valence-electron chi connectivity index (χ4n) is 2.47. The molecule has 0 spiro atoms. The van der Waals surface area contributed by atoms with Crippen LogP contribution in [-0.2, 0) is 4.79 Å². The molecule has 0 saturated heterocycles. The second kappa shape index (κ2) is 5.89. The highest BCUT2D eigenvalue weighted by Gasteiger charge is 2.22. The molecule has 1 aromatic rings. The van der Waals surface area contributed by atoms with Crippen molar-refractivity contribution in [1.82, 2.24) is 0 Å². The smallest absolute Gasteiger partial charge is 0.133 e. The minimum Gasteiger partial charge on any atom is -0.494 e. The molecule has 1 aliphatic rings. The average Bonchev–Trinajstić information content (AvgIpc) is 2.40. The number of Topliss-reactive ketones (excluding diaryl/α,β-unsaturated/α-hetero) is 1. The standard InChI is InChI=1S/C15H21NO2/c1-3-18-15-10-6-13(7-11-15)16(2)12-4-8-14(17)9-5-12/h6-7,10-12H,3-5,8-9H2,1-2H3. The normalized spacial score (nSPS) is 16.7. The maximum absolute atomic E-state index is 11.2. The van der Waals surface area contributed by atoms with Crippen LogP contribution in [0.4, 0.5) is 5.69 Å². The van der Waals surface area contributed by atoms with Crippen LogP contribution in [0.25, 0.3) is 0 Å². The summed E-state index contributed by atoms with van der Waals surface area (Å²) in [4.78, 5) is 13.5. The Kier molecular flexibility index (Phi) is 4.24. The fraction of sp³-hybridized carbons (Fsp3) is 0.533. The van der Waals surface area contributed by atoms with E-state index in [1.807, 2.05) is 19.1 Å². The van der Waals surface area contributed by atoms with Crippen molar-refractivity contribution in [3.63, 3.8) is 0 Å². The van der Waals surface area contributed by atoms with Gasteiger partial charge in [-0.3, -0.25) is 4.79 Å². The molecule has 18 heavy (non-hydrogen) atoms. The number of ketones is 1. The largest absolute Gasteiger partial charge is 0.494 e. The number of nitrogens with zero attached hydrogens (tertiary/aromatic N) is 1. The number of anilines is 1. The highest BCUT2D eigenvalue weighted by molar-refractivity contribution is 5.79. The Bertz CT molecular complexity index is 389. The minimum absolute atomic E-state index is 0.409. The lowest BCUT2D eigenvalue weighted by atomic mass is 9.93. The van der Waals surface area contributed by atoms with E-state index in [0.717, 1.165) is 31.4 Å². The summed E-state index contributed by atoms with van der Waals surface area (Å²) in [7, 11) is 2.11. The van der Waals surface area contributed by atoms with Gasteiger partial charge >= 0.3 is 0 Å². The van der Waals surface area contributed by atoms with E-state index in [9.17, 15) is 4.79 Å². The lowest BCUT2D eigenvalue weighted by Gasteiger charge is -2.32. The Labute approximate surface area is 109 Å². The van der Waals surface area contributed by atoms with Crippen LogP contribution in [0, 0.1) is 0 Å². The SMILES string of the molecule is CCOc1ccc(N(C)C2CCC(=O)CC2)cc1. The number of benzene rings is 1. The Balaban J connectivity index is 1.99. The van der Waals surface area contributed by atoms with Crippen molar-refractivity contribution in [3.8, 4) is 5.75 Å². The highest BCUT2D eigenvalue weighted by Crippen LogP contribution is 2.26. The molecule has 98 valence electrons. The molecule has 0 bridgehead atoms. The van der Waals surface area contributed by atoms with E-state index in [1.165, 1.54) is 5.69 Å². The van der Waals surface area contributed by atoms with Crippen LogP contribution < -0.4 is 9.64 Å². The number of carbonyl (C=O) groups excluding carboxylic acids is 1. The Morgan fingerprint density at radius 3 is 2.39 bits per heavy atom. The van der Waals surface area contributed by atoms with Gasteiger partial charge in [-0.05, 0) is 44.0 Å².